The van der Waals surface area contributed by atoms with Crippen molar-refractivity contribution in [3.05, 3.63) is 17.0 Å². The molecule has 2 N–H and O–H groups in total. The number of nitrogens with one attached hydrogen (secondary N) is 2. The Bertz CT molecular complexity index is 640. The monoisotopic (exact) mass is 362 g/mol. The molecule has 26 heavy (non-hydrogen) atoms. The Kier molecular flexibility index (Phi) is 6.26. The molecule has 2 amide bonds. The van der Waals surface area contributed by atoms with Crippen LogP contribution in [0.15, 0.2) is 0 Å². The largest absolute Gasteiger partial charge is 0.342 e. The molecular weight excluding hydrogens is 332 g/mol. The van der Waals surface area contributed by atoms with Crippen LogP contribution in [-0.4, -0.2) is 89.1 Å². The molecule has 0 atom stereocenters. The summed E-state index contributed by atoms with van der Waals surface area (Å²) < 4.78 is 0. The molecule has 0 aliphatic carbocycles. The van der Waals surface area contributed by atoms with Crippen molar-refractivity contribution >= 4 is 11.8 Å². The average molecular weight is 362 g/mol. The number of aromatic nitrogens is 2. The molecule has 8 nitrogen and oxygen atoms in total. The van der Waals surface area contributed by atoms with Crippen LogP contribution in [0.25, 0.3) is 0 Å². The van der Waals surface area contributed by atoms with Crippen molar-refractivity contribution in [2.24, 2.45) is 0 Å². The summed E-state index contributed by atoms with van der Waals surface area (Å²) in [6.07, 6.45) is 1.76. The fraction of sp³-hybridized carbons (Fsp3) is 0.722. The zero-order chi connectivity index (χ0) is 18.5. The van der Waals surface area contributed by atoms with Crippen LogP contribution in [0.1, 0.15) is 42.0 Å². The standard InChI is InChI=1S/C18H30N6O2/c1-3-23(4-2)16(25)13-22-8-5-9-24(11-10-22)18(26)17-14-12-19-7-6-15(14)20-21-17/h19H,3-13H2,1-2H3,(H,20,21). The van der Waals surface area contributed by atoms with E-state index in [-0.39, 0.29) is 11.8 Å². The maximum atomic E-state index is 12.9. The highest BCUT2D eigenvalue weighted by Gasteiger charge is 2.27. The first-order valence-electron chi connectivity index (χ1n) is 9.70. The number of rotatable bonds is 5. The van der Waals surface area contributed by atoms with Gasteiger partial charge in [-0.15, -0.1) is 0 Å². The fourth-order valence-electron chi connectivity index (χ4n) is 3.75. The van der Waals surface area contributed by atoms with Crippen LogP contribution >= 0.6 is 0 Å². The Morgan fingerprint density at radius 2 is 1.96 bits per heavy atom. The molecule has 3 heterocycles. The second-order valence-corrected chi connectivity index (χ2v) is 6.94. The van der Waals surface area contributed by atoms with Gasteiger partial charge in [-0.3, -0.25) is 19.6 Å². The molecule has 0 bridgehead atoms. The smallest absolute Gasteiger partial charge is 0.274 e. The van der Waals surface area contributed by atoms with E-state index in [9.17, 15) is 9.59 Å². The SMILES string of the molecule is CCN(CC)C(=O)CN1CCCN(C(=O)c2n[nH]c3c2CNCC3)CC1. The molecular formula is C18H30N6O2. The predicted octanol–water partition coefficient (Wildman–Crippen LogP) is 0.0717. The summed E-state index contributed by atoms with van der Waals surface area (Å²) >= 11 is 0. The lowest BCUT2D eigenvalue weighted by Crippen LogP contribution is -2.42. The van der Waals surface area contributed by atoms with E-state index in [4.69, 9.17) is 0 Å². The molecule has 1 aromatic heterocycles. The van der Waals surface area contributed by atoms with Gasteiger partial charge >= 0.3 is 0 Å². The van der Waals surface area contributed by atoms with Gasteiger partial charge in [0.1, 0.15) is 0 Å². The maximum absolute atomic E-state index is 12.9. The number of aromatic amines is 1. The van der Waals surface area contributed by atoms with E-state index in [2.05, 4.69) is 20.4 Å². The molecule has 3 rings (SSSR count). The van der Waals surface area contributed by atoms with Gasteiger partial charge < -0.3 is 15.1 Å². The molecule has 144 valence electrons. The molecule has 8 heteroatoms. The van der Waals surface area contributed by atoms with E-state index < -0.39 is 0 Å². The van der Waals surface area contributed by atoms with Gasteiger partial charge in [0.15, 0.2) is 5.69 Å². The summed E-state index contributed by atoms with van der Waals surface area (Å²) in [4.78, 5) is 31.2. The summed E-state index contributed by atoms with van der Waals surface area (Å²) in [5.74, 6) is 0.172. The van der Waals surface area contributed by atoms with Crippen LogP contribution in [0.3, 0.4) is 0 Å². The lowest BCUT2D eigenvalue weighted by molar-refractivity contribution is -0.132. The first-order valence-corrected chi connectivity index (χ1v) is 9.70. The van der Waals surface area contributed by atoms with Crippen LogP contribution in [0.5, 0.6) is 0 Å². The van der Waals surface area contributed by atoms with Gasteiger partial charge in [0, 0.05) is 70.0 Å². The van der Waals surface area contributed by atoms with E-state index >= 15 is 0 Å². The van der Waals surface area contributed by atoms with Gasteiger partial charge in [0.2, 0.25) is 5.91 Å². The molecule has 0 spiro atoms. The zero-order valence-corrected chi connectivity index (χ0v) is 15.9. The molecule has 1 fully saturated rings. The van der Waals surface area contributed by atoms with Crippen molar-refractivity contribution in [2.45, 2.75) is 33.2 Å². The van der Waals surface area contributed by atoms with Gasteiger partial charge in [0.05, 0.1) is 6.54 Å². The minimum absolute atomic E-state index is 0.00289. The normalized spacial score (nSPS) is 18.3. The molecule has 0 radical (unpaired) electrons. The molecule has 0 unspecified atom stereocenters. The van der Waals surface area contributed by atoms with Gasteiger partial charge in [-0.2, -0.15) is 5.10 Å². The molecule has 2 aliphatic rings. The van der Waals surface area contributed by atoms with Crippen LogP contribution in [0.4, 0.5) is 0 Å². The Labute approximate surface area is 154 Å². The number of fused-ring (bicyclic) bond motifs is 1. The minimum atomic E-state index is 0.00289. The van der Waals surface area contributed by atoms with Gasteiger partial charge in [0.25, 0.3) is 5.91 Å². The van der Waals surface area contributed by atoms with Crippen molar-refractivity contribution in [1.82, 2.24) is 30.2 Å². The molecule has 1 saturated heterocycles. The lowest BCUT2D eigenvalue weighted by Gasteiger charge is -2.25. The van der Waals surface area contributed by atoms with Crippen molar-refractivity contribution in [2.75, 3.05) is 52.4 Å². The number of hydrogen-bond acceptors (Lipinski definition) is 5. The van der Waals surface area contributed by atoms with E-state index in [1.165, 1.54) is 0 Å². The van der Waals surface area contributed by atoms with E-state index in [0.29, 0.717) is 31.9 Å². The molecule has 0 saturated carbocycles. The first-order chi connectivity index (χ1) is 12.6. The fourth-order valence-corrected chi connectivity index (χ4v) is 3.75. The zero-order valence-electron chi connectivity index (χ0n) is 15.9. The van der Waals surface area contributed by atoms with Crippen molar-refractivity contribution in [3.8, 4) is 0 Å². The Hall–Kier alpha value is -1.93. The van der Waals surface area contributed by atoms with Crippen LogP contribution < -0.4 is 5.32 Å². The van der Waals surface area contributed by atoms with Crippen LogP contribution in [0.2, 0.25) is 0 Å². The third-order valence-corrected chi connectivity index (χ3v) is 5.36. The third-order valence-electron chi connectivity index (χ3n) is 5.36. The number of carbonyl (C=O) groups is 2. The summed E-state index contributed by atoms with van der Waals surface area (Å²) in [7, 11) is 0. The Morgan fingerprint density at radius 1 is 1.15 bits per heavy atom. The molecule has 0 aromatic carbocycles. The second-order valence-electron chi connectivity index (χ2n) is 6.94. The van der Waals surface area contributed by atoms with E-state index in [0.717, 1.165) is 56.8 Å². The quantitative estimate of drug-likeness (QED) is 0.774. The van der Waals surface area contributed by atoms with E-state index in [1.54, 1.807) is 0 Å². The summed E-state index contributed by atoms with van der Waals surface area (Å²) in [6, 6.07) is 0. The highest BCUT2D eigenvalue weighted by atomic mass is 16.2. The van der Waals surface area contributed by atoms with Gasteiger partial charge in [-0.05, 0) is 20.3 Å². The highest BCUT2D eigenvalue weighted by molar-refractivity contribution is 5.94. The number of H-pyrrole nitrogens is 1. The highest BCUT2D eigenvalue weighted by Crippen LogP contribution is 2.18. The number of likely N-dealkylation sites (N-methyl/N-ethyl adjacent to an activating group) is 1. The number of carbonyl (C=O) groups excluding carboxylic acids is 2. The van der Waals surface area contributed by atoms with Crippen LogP contribution in [0, 0.1) is 0 Å². The van der Waals surface area contributed by atoms with Gasteiger partial charge in [-0.25, -0.2) is 0 Å². The molecule has 2 aliphatic heterocycles. The predicted molar refractivity (Wildman–Crippen MR) is 98.9 cm³/mol. The third kappa shape index (κ3) is 4.07. The van der Waals surface area contributed by atoms with Crippen molar-refractivity contribution in [1.29, 1.82) is 0 Å². The summed E-state index contributed by atoms with van der Waals surface area (Å²) in [5.41, 5.74) is 2.65. The Morgan fingerprint density at radius 3 is 2.73 bits per heavy atom. The second kappa shape index (κ2) is 8.64. The first kappa shape index (κ1) is 18.8. The van der Waals surface area contributed by atoms with E-state index in [1.807, 2.05) is 23.6 Å². The number of amides is 2. The van der Waals surface area contributed by atoms with Gasteiger partial charge in [-0.1, -0.05) is 0 Å². The van der Waals surface area contributed by atoms with Crippen molar-refractivity contribution in [3.63, 3.8) is 0 Å². The lowest BCUT2D eigenvalue weighted by atomic mass is 10.1. The van der Waals surface area contributed by atoms with Crippen LogP contribution in [-0.2, 0) is 17.8 Å². The average Bonchev–Trinajstić information content (AvgIpc) is 2.95. The maximum Gasteiger partial charge on any atom is 0.274 e. The topological polar surface area (TPSA) is 84.6 Å². The molecule has 1 aromatic rings. The number of nitrogens with zero attached hydrogens (tertiary/aromatic N) is 4. The summed E-state index contributed by atoms with van der Waals surface area (Å²) in [5, 5.41) is 10.6. The number of hydrogen-bond donors (Lipinski definition) is 2. The van der Waals surface area contributed by atoms with Crippen molar-refractivity contribution < 1.29 is 9.59 Å². The Balaban J connectivity index is 1.59. The summed E-state index contributed by atoms with van der Waals surface area (Å²) in [6.45, 7) is 10.5. The minimum Gasteiger partial charge on any atom is -0.342 e.